The quantitative estimate of drug-likeness (QED) is 0.123. The maximum absolute atomic E-state index is 13.3. The number of rotatable bonds is 6. The average Bonchev–Trinajstić information content (AvgIpc) is 3.85. The van der Waals surface area contributed by atoms with Gasteiger partial charge in [0, 0.05) is 36.0 Å². The molecule has 6 nitrogen and oxygen atoms in total. The lowest BCUT2D eigenvalue weighted by Gasteiger charge is -2.40. The van der Waals surface area contributed by atoms with Crippen molar-refractivity contribution in [3.8, 4) is 11.5 Å². The molecule has 2 aliphatic carbocycles. The van der Waals surface area contributed by atoms with Gasteiger partial charge in [-0.1, -0.05) is 12.1 Å². The number of ether oxygens (including phenoxy) is 2. The van der Waals surface area contributed by atoms with E-state index in [-0.39, 0.29) is 22.9 Å². The van der Waals surface area contributed by atoms with Crippen molar-refractivity contribution in [3.63, 3.8) is 0 Å². The Hall–Kier alpha value is -3.30. The molecule has 46 heavy (non-hydrogen) atoms. The Morgan fingerprint density at radius 2 is 1.11 bits per heavy atom. The molecule has 8 heteroatoms. The third kappa shape index (κ3) is 4.88. The summed E-state index contributed by atoms with van der Waals surface area (Å²) in [6.45, 7) is 5.86. The molecule has 4 heterocycles. The van der Waals surface area contributed by atoms with Gasteiger partial charge >= 0.3 is 11.9 Å². The second-order valence-corrected chi connectivity index (χ2v) is 15.6. The molecule has 238 valence electrons. The minimum absolute atomic E-state index is 0.0811. The Labute approximate surface area is 278 Å². The predicted octanol–water partition coefficient (Wildman–Crippen LogP) is 7.46. The van der Waals surface area contributed by atoms with Crippen LogP contribution in [-0.4, -0.2) is 48.9 Å². The normalized spacial score (nSPS) is 22.9. The summed E-state index contributed by atoms with van der Waals surface area (Å²) in [4.78, 5) is 31.5. The van der Waals surface area contributed by atoms with E-state index in [0.717, 1.165) is 62.7 Å². The summed E-state index contributed by atoms with van der Waals surface area (Å²) < 4.78 is 11.6. The molecule has 0 saturated heterocycles. The van der Waals surface area contributed by atoms with Crippen molar-refractivity contribution >= 4 is 34.6 Å². The van der Waals surface area contributed by atoms with E-state index in [2.05, 4.69) is 69.7 Å². The van der Waals surface area contributed by atoms with Crippen LogP contribution in [0.2, 0.25) is 0 Å². The van der Waals surface area contributed by atoms with Gasteiger partial charge in [-0.25, -0.2) is 9.59 Å². The van der Waals surface area contributed by atoms with Crippen LogP contribution < -0.4 is 9.47 Å². The molecule has 0 radical (unpaired) electrons. The van der Waals surface area contributed by atoms with E-state index in [4.69, 9.17) is 9.47 Å². The molecule has 4 aliphatic rings. The van der Waals surface area contributed by atoms with Crippen LogP contribution in [0.15, 0.2) is 57.9 Å². The number of fused-ring (bicyclic) bond motifs is 2. The lowest BCUT2D eigenvalue weighted by atomic mass is 9.79. The number of aryl methyl sites for hydroxylation is 2. The molecule has 2 unspecified atom stereocenters. The fourth-order valence-electron chi connectivity index (χ4n) is 8.54. The molecule has 0 amide bonds. The van der Waals surface area contributed by atoms with Crippen molar-refractivity contribution in [1.82, 2.24) is 9.80 Å². The van der Waals surface area contributed by atoms with Crippen LogP contribution in [0.3, 0.4) is 0 Å². The topological polar surface area (TPSA) is 59.1 Å². The standard InChI is InChI=1S/C38H40N2O4S2/c1-23-17-25-5-13-39(3)33(37(9-10-37)27-7-15-45-21-27)29(25)19-31(23)43-35(41)36(42)44-32-20-30-26(18-24(32)2)6-14-40(4)34(30)38(11-12-38)28-8-16-46-22-28/h7-8,15-22,33-34H,5-6,9-14H2,1-4H3. The smallest absolute Gasteiger partial charge is 0.418 e. The minimum atomic E-state index is -0.995. The summed E-state index contributed by atoms with van der Waals surface area (Å²) in [7, 11) is 4.38. The Morgan fingerprint density at radius 3 is 1.46 bits per heavy atom. The van der Waals surface area contributed by atoms with Crippen molar-refractivity contribution < 1.29 is 19.1 Å². The van der Waals surface area contributed by atoms with Gasteiger partial charge < -0.3 is 9.47 Å². The maximum atomic E-state index is 13.3. The summed E-state index contributed by atoms with van der Waals surface area (Å²) in [6.07, 6.45) is 6.44. The SMILES string of the molecule is Cc1cc2c(cc1OC(=O)C(=O)Oc1cc3c(cc1C)CCN(C)C3C1(c3ccsc3)CC1)C(C1(c3ccsc3)CC1)N(C)CC2. The number of likely N-dealkylation sites (N-methyl/N-ethyl adjacent to an activating group) is 2. The van der Waals surface area contributed by atoms with Gasteiger partial charge in [-0.3, -0.25) is 9.80 Å². The fourth-order valence-corrected chi connectivity index (χ4v) is 10.1. The van der Waals surface area contributed by atoms with Gasteiger partial charge in [0.25, 0.3) is 0 Å². The van der Waals surface area contributed by atoms with Crippen LogP contribution in [0.25, 0.3) is 0 Å². The molecular weight excluding hydrogens is 613 g/mol. The third-order valence-electron chi connectivity index (χ3n) is 11.2. The molecule has 8 rings (SSSR count). The number of benzene rings is 2. The summed E-state index contributed by atoms with van der Waals surface area (Å²) in [5, 5.41) is 8.86. The summed E-state index contributed by atoms with van der Waals surface area (Å²) in [5.41, 5.74) is 9.62. The Bertz CT molecular complexity index is 1690. The van der Waals surface area contributed by atoms with Gasteiger partial charge in [-0.05, 0) is 157 Å². The second kappa shape index (κ2) is 11.2. The lowest BCUT2D eigenvalue weighted by molar-refractivity contribution is -0.156. The highest BCUT2D eigenvalue weighted by atomic mass is 32.1. The van der Waals surface area contributed by atoms with E-state index >= 15 is 0 Å². The highest BCUT2D eigenvalue weighted by Crippen LogP contribution is 2.61. The number of nitrogens with zero attached hydrogens (tertiary/aromatic N) is 2. The van der Waals surface area contributed by atoms with Gasteiger partial charge in [0.05, 0.1) is 0 Å². The minimum Gasteiger partial charge on any atom is -0.418 e. The number of thiophene rings is 2. The third-order valence-corrected chi connectivity index (χ3v) is 12.6. The first kappa shape index (κ1) is 30.1. The van der Waals surface area contributed by atoms with Crippen molar-refractivity contribution in [2.24, 2.45) is 0 Å². The monoisotopic (exact) mass is 652 g/mol. The molecular formula is C38H40N2O4S2. The number of carbonyl (C=O) groups is 2. The largest absolute Gasteiger partial charge is 0.423 e. The summed E-state index contributed by atoms with van der Waals surface area (Å²) in [5.74, 6) is -1.13. The number of hydrogen-bond acceptors (Lipinski definition) is 8. The van der Waals surface area contributed by atoms with Gasteiger partial charge in [0.1, 0.15) is 11.5 Å². The summed E-state index contributed by atoms with van der Waals surface area (Å²) >= 11 is 3.48. The van der Waals surface area contributed by atoms with E-state index in [1.807, 2.05) is 26.0 Å². The molecule has 2 aromatic heterocycles. The van der Waals surface area contributed by atoms with Crippen molar-refractivity contribution in [2.45, 2.75) is 75.3 Å². The van der Waals surface area contributed by atoms with Crippen molar-refractivity contribution in [1.29, 1.82) is 0 Å². The Morgan fingerprint density at radius 1 is 0.696 bits per heavy atom. The van der Waals surface area contributed by atoms with Gasteiger partial charge in [-0.2, -0.15) is 22.7 Å². The van der Waals surface area contributed by atoms with Crippen LogP contribution in [-0.2, 0) is 33.3 Å². The molecule has 0 N–H and O–H groups in total. The molecule has 2 atom stereocenters. The van der Waals surface area contributed by atoms with Crippen LogP contribution in [0.1, 0.15) is 82.3 Å². The second-order valence-electron chi connectivity index (χ2n) is 14.0. The molecule has 0 spiro atoms. The van der Waals surface area contributed by atoms with E-state index in [1.165, 1.54) is 33.4 Å². The van der Waals surface area contributed by atoms with Crippen molar-refractivity contribution in [3.05, 3.63) is 102 Å². The van der Waals surface area contributed by atoms with Gasteiger partial charge in [0.15, 0.2) is 0 Å². The lowest BCUT2D eigenvalue weighted by Crippen LogP contribution is -2.39. The van der Waals surface area contributed by atoms with Gasteiger partial charge in [-0.15, -0.1) is 0 Å². The predicted molar refractivity (Wildman–Crippen MR) is 182 cm³/mol. The first-order valence-corrected chi connectivity index (χ1v) is 18.3. The molecule has 2 saturated carbocycles. The number of esters is 2. The van der Waals surface area contributed by atoms with E-state index in [0.29, 0.717) is 11.5 Å². The Balaban J connectivity index is 1.05. The van der Waals surface area contributed by atoms with E-state index in [1.54, 1.807) is 22.7 Å². The van der Waals surface area contributed by atoms with Crippen molar-refractivity contribution in [2.75, 3.05) is 27.2 Å². The first-order chi connectivity index (χ1) is 22.2. The Kier molecular flexibility index (Phi) is 7.29. The molecule has 0 bridgehead atoms. The van der Waals surface area contributed by atoms with E-state index < -0.39 is 11.9 Å². The number of carbonyl (C=O) groups excluding carboxylic acids is 2. The zero-order valence-corrected chi connectivity index (χ0v) is 28.6. The maximum Gasteiger partial charge on any atom is 0.423 e. The first-order valence-electron chi connectivity index (χ1n) is 16.4. The molecule has 2 aromatic carbocycles. The zero-order valence-electron chi connectivity index (χ0n) is 26.9. The number of hydrogen-bond donors (Lipinski definition) is 0. The highest BCUT2D eigenvalue weighted by Gasteiger charge is 2.55. The highest BCUT2D eigenvalue weighted by molar-refractivity contribution is 7.08. The fraction of sp³-hybridized carbons (Fsp3) is 0.421. The molecule has 2 aliphatic heterocycles. The molecule has 4 aromatic rings. The van der Waals surface area contributed by atoms with Gasteiger partial charge in [0.2, 0.25) is 0 Å². The van der Waals surface area contributed by atoms with Crippen LogP contribution >= 0.6 is 22.7 Å². The summed E-state index contributed by atoms with van der Waals surface area (Å²) in [6, 6.07) is 13.2. The molecule has 2 fully saturated rings. The van der Waals surface area contributed by atoms with E-state index in [9.17, 15) is 9.59 Å². The van der Waals surface area contributed by atoms with Crippen LogP contribution in [0.5, 0.6) is 11.5 Å². The van der Waals surface area contributed by atoms with Crippen LogP contribution in [0.4, 0.5) is 0 Å². The average molecular weight is 653 g/mol. The zero-order chi connectivity index (χ0) is 31.8. The van der Waals surface area contributed by atoms with Crippen LogP contribution in [0, 0.1) is 13.8 Å².